The van der Waals surface area contributed by atoms with Gasteiger partial charge in [-0.3, -0.25) is 4.79 Å². The molecule has 142 valence electrons. The van der Waals surface area contributed by atoms with Crippen molar-refractivity contribution in [3.63, 3.8) is 0 Å². The van der Waals surface area contributed by atoms with Crippen molar-refractivity contribution in [1.82, 2.24) is 15.0 Å². The Morgan fingerprint density at radius 1 is 1.15 bits per heavy atom. The van der Waals surface area contributed by atoms with Crippen LogP contribution in [0.15, 0.2) is 29.6 Å². The summed E-state index contributed by atoms with van der Waals surface area (Å²) >= 11 is 1.57. The van der Waals surface area contributed by atoms with Crippen molar-refractivity contribution in [2.45, 2.75) is 24.9 Å². The van der Waals surface area contributed by atoms with Gasteiger partial charge >= 0.3 is 0 Å². The second-order valence-electron chi connectivity index (χ2n) is 6.99. The molecule has 1 aliphatic heterocycles. The second-order valence-corrected chi connectivity index (χ2v) is 7.77. The van der Waals surface area contributed by atoms with E-state index in [0.29, 0.717) is 5.82 Å². The van der Waals surface area contributed by atoms with E-state index in [0.717, 1.165) is 61.4 Å². The maximum absolute atomic E-state index is 11.8. The van der Waals surface area contributed by atoms with E-state index < -0.39 is 0 Å². The Labute approximate surface area is 163 Å². The van der Waals surface area contributed by atoms with Gasteiger partial charge in [0.15, 0.2) is 5.16 Å². The fourth-order valence-corrected chi connectivity index (χ4v) is 3.61. The Balaban J connectivity index is 1.36. The first-order valence-corrected chi connectivity index (χ1v) is 10.5. The molecular weight excluding hydrogens is 360 g/mol. The van der Waals surface area contributed by atoms with Gasteiger partial charge in [-0.25, -0.2) is 15.0 Å². The van der Waals surface area contributed by atoms with Gasteiger partial charge in [0.25, 0.3) is 0 Å². The fraction of sp³-hybridized carbons (Fsp3) is 0.474. The lowest BCUT2D eigenvalue weighted by molar-refractivity contribution is -0.117. The molecule has 7 nitrogen and oxygen atoms in total. The molecule has 4 rings (SSSR count). The first kappa shape index (κ1) is 18.0. The second kappa shape index (κ2) is 7.72. The Morgan fingerprint density at radius 2 is 1.89 bits per heavy atom. The Kier molecular flexibility index (Phi) is 5.15. The predicted molar refractivity (Wildman–Crippen MR) is 109 cm³/mol. The lowest BCUT2D eigenvalue weighted by Crippen LogP contribution is -2.47. The zero-order valence-corrected chi connectivity index (χ0v) is 16.5. The van der Waals surface area contributed by atoms with Crippen LogP contribution in [0.4, 0.5) is 17.3 Å². The molecule has 1 aliphatic carbocycles. The van der Waals surface area contributed by atoms with Gasteiger partial charge < -0.3 is 15.1 Å². The van der Waals surface area contributed by atoms with Crippen LogP contribution in [0.2, 0.25) is 0 Å². The molecular formula is C19H24N6OS. The number of thioether (sulfide) groups is 1. The minimum atomic E-state index is 0.0913. The molecule has 1 amide bonds. The molecule has 1 saturated heterocycles. The molecule has 2 aromatic rings. The fourth-order valence-electron chi connectivity index (χ4n) is 3.19. The molecule has 0 aromatic carbocycles. The highest BCUT2D eigenvalue weighted by molar-refractivity contribution is 7.98. The number of pyridine rings is 1. The van der Waals surface area contributed by atoms with E-state index in [-0.39, 0.29) is 11.8 Å². The van der Waals surface area contributed by atoms with Crippen molar-refractivity contribution < 1.29 is 4.79 Å². The molecule has 3 heterocycles. The molecule has 1 saturated carbocycles. The van der Waals surface area contributed by atoms with E-state index in [1.165, 1.54) is 0 Å². The molecule has 0 spiro atoms. The number of carbonyl (C=O) groups excluding carboxylic acids is 1. The zero-order valence-electron chi connectivity index (χ0n) is 15.7. The third kappa shape index (κ3) is 4.32. The third-order valence-electron chi connectivity index (χ3n) is 4.92. The van der Waals surface area contributed by atoms with Crippen LogP contribution in [-0.2, 0) is 4.79 Å². The quantitative estimate of drug-likeness (QED) is 0.627. The molecule has 8 heteroatoms. The highest BCUT2D eigenvalue weighted by Gasteiger charge is 2.29. The summed E-state index contributed by atoms with van der Waals surface area (Å²) < 4.78 is 0. The lowest BCUT2D eigenvalue weighted by atomic mass is 10.2. The Hall–Kier alpha value is -2.35. The van der Waals surface area contributed by atoms with Crippen LogP contribution in [0, 0.1) is 12.8 Å². The summed E-state index contributed by atoms with van der Waals surface area (Å²) in [6.45, 7) is 5.64. The first-order valence-electron chi connectivity index (χ1n) is 9.29. The molecule has 0 bridgehead atoms. The maximum atomic E-state index is 11.8. The molecule has 1 N–H and O–H groups in total. The number of hydrogen-bond donors (Lipinski definition) is 1. The van der Waals surface area contributed by atoms with Crippen molar-refractivity contribution in [1.29, 1.82) is 0 Å². The number of piperazine rings is 1. The van der Waals surface area contributed by atoms with Crippen LogP contribution < -0.4 is 15.1 Å². The standard InChI is InChI=1S/C19H24N6OS/c1-13-11-17(23-19(21-13)27-2)25-9-7-24(8-10-25)15-5-6-16(20-12-15)22-18(26)14-3-4-14/h5-6,11-12,14H,3-4,7-10H2,1-2H3,(H,20,22,26). The van der Waals surface area contributed by atoms with E-state index in [1.54, 1.807) is 11.8 Å². The highest BCUT2D eigenvalue weighted by Crippen LogP contribution is 2.30. The summed E-state index contributed by atoms with van der Waals surface area (Å²) in [5.41, 5.74) is 2.09. The molecule has 2 aromatic heterocycles. The Morgan fingerprint density at radius 3 is 2.52 bits per heavy atom. The number of carbonyl (C=O) groups is 1. The zero-order chi connectivity index (χ0) is 18.8. The molecule has 27 heavy (non-hydrogen) atoms. The molecule has 2 fully saturated rings. The van der Waals surface area contributed by atoms with Gasteiger partial charge in [-0.15, -0.1) is 0 Å². The first-order chi connectivity index (χ1) is 13.1. The average Bonchev–Trinajstić information content (AvgIpc) is 3.54. The van der Waals surface area contributed by atoms with Crippen LogP contribution in [-0.4, -0.2) is 53.3 Å². The topological polar surface area (TPSA) is 74.2 Å². The number of nitrogens with one attached hydrogen (secondary N) is 1. The van der Waals surface area contributed by atoms with Gasteiger partial charge in [0.1, 0.15) is 11.6 Å². The summed E-state index contributed by atoms with van der Waals surface area (Å²) in [4.78, 5) is 29.9. The van der Waals surface area contributed by atoms with Crippen molar-refractivity contribution in [3.05, 3.63) is 30.1 Å². The van der Waals surface area contributed by atoms with E-state index in [2.05, 4.69) is 30.1 Å². The largest absolute Gasteiger partial charge is 0.367 e. The molecule has 0 atom stereocenters. The number of aryl methyl sites for hydroxylation is 1. The van der Waals surface area contributed by atoms with Gasteiger partial charge in [0.05, 0.1) is 11.9 Å². The summed E-state index contributed by atoms with van der Waals surface area (Å²) in [5.74, 6) is 1.92. The summed E-state index contributed by atoms with van der Waals surface area (Å²) in [5, 5.41) is 3.71. The van der Waals surface area contributed by atoms with E-state index in [4.69, 9.17) is 0 Å². The van der Waals surface area contributed by atoms with Crippen molar-refractivity contribution in [3.8, 4) is 0 Å². The number of nitrogens with zero attached hydrogens (tertiary/aromatic N) is 5. The van der Waals surface area contributed by atoms with Gasteiger partial charge in [-0.2, -0.15) is 0 Å². The van der Waals surface area contributed by atoms with E-state index in [9.17, 15) is 4.79 Å². The minimum Gasteiger partial charge on any atom is -0.367 e. The third-order valence-corrected chi connectivity index (χ3v) is 5.47. The number of aromatic nitrogens is 3. The van der Waals surface area contributed by atoms with Gasteiger partial charge in [0.2, 0.25) is 5.91 Å². The van der Waals surface area contributed by atoms with Crippen molar-refractivity contribution >= 4 is 35.0 Å². The SMILES string of the molecule is CSc1nc(C)cc(N2CCN(c3ccc(NC(=O)C4CC4)nc3)CC2)n1. The normalized spacial score (nSPS) is 17.1. The van der Waals surface area contributed by atoms with Crippen LogP contribution in [0.25, 0.3) is 0 Å². The molecule has 0 unspecified atom stereocenters. The van der Waals surface area contributed by atoms with Gasteiger partial charge in [-0.1, -0.05) is 11.8 Å². The monoisotopic (exact) mass is 384 g/mol. The average molecular weight is 385 g/mol. The van der Waals surface area contributed by atoms with Crippen LogP contribution >= 0.6 is 11.8 Å². The molecule has 2 aliphatic rings. The minimum absolute atomic E-state index is 0.0913. The number of rotatable bonds is 5. The van der Waals surface area contributed by atoms with E-state index in [1.807, 2.05) is 37.6 Å². The van der Waals surface area contributed by atoms with Crippen LogP contribution in [0.5, 0.6) is 0 Å². The van der Waals surface area contributed by atoms with Crippen LogP contribution in [0.1, 0.15) is 18.5 Å². The number of anilines is 3. The summed E-state index contributed by atoms with van der Waals surface area (Å²) in [7, 11) is 0. The number of amides is 1. The summed E-state index contributed by atoms with van der Waals surface area (Å²) in [6, 6.07) is 5.97. The van der Waals surface area contributed by atoms with Gasteiger partial charge in [-0.05, 0) is 38.2 Å². The van der Waals surface area contributed by atoms with Crippen molar-refractivity contribution in [2.24, 2.45) is 5.92 Å². The Bertz CT molecular complexity index is 815. The smallest absolute Gasteiger partial charge is 0.228 e. The molecule has 0 radical (unpaired) electrons. The lowest BCUT2D eigenvalue weighted by Gasteiger charge is -2.36. The van der Waals surface area contributed by atoms with E-state index >= 15 is 0 Å². The maximum Gasteiger partial charge on any atom is 0.228 e. The number of hydrogen-bond acceptors (Lipinski definition) is 7. The van der Waals surface area contributed by atoms with Crippen molar-refractivity contribution in [2.75, 3.05) is 47.6 Å². The predicted octanol–water partition coefficient (Wildman–Crippen LogP) is 2.58. The summed E-state index contributed by atoms with van der Waals surface area (Å²) in [6.07, 6.45) is 5.84. The van der Waals surface area contributed by atoms with Crippen LogP contribution in [0.3, 0.4) is 0 Å². The highest BCUT2D eigenvalue weighted by atomic mass is 32.2. The van der Waals surface area contributed by atoms with Gasteiger partial charge in [0, 0.05) is 43.9 Å².